The van der Waals surface area contributed by atoms with Crippen LogP contribution in [0, 0.1) is 18.8 Å². The number of ketones is 2. The Kier molecular flexibility index (Phi) is 4.89. The van der Waals surface area contributed by atoms with Gasteiger partial charge in [-0.05, 0) is 36.1 Å². The van der Waals surface area contributed by atoms with E-state index in [1.54, 1.807) is 36.4 Å². The van der Waals surface area contributed by atoms with Gasteiger partial charge in [-0.1, -0.05) is 80.1 Å². The molecule has 2 saturated heterocycles. The van der Waals surface area contributed by atoms with Crippen LogP contribution in [0.2, 0.25) is 0 Å². The first-order valence-corrected chi connectivity index (χ1v) is 12.2. The Hall–Kier alpha value is -3.90. The van der Waals surface area contributed by atoms with E-state index in [1.165, 1.54) is 0 Å². The molecule has 3 atom stereocenters. The average molecular weight is 480 g/mol. The number of hydrogen-bond acceptors (Lipinski definition) is 5. The predicted molar refractivity (Wildman–Crippen MR) is 133 cm³/mol. The lowest BCUT2D eigenvalue weighted by Gasteiger charge is -2.27. The van der Waals surface area contributed by atoms with Crippen LogP contribution in [0.4, 0.5) is 5.69 Å². The fourth-order valence-electron chi connectivity index (χ4n) is 5.84. The molecule has 0 saturated carbocycles. The Bertz CT molecular complexity index is 1400. The van der Waals surface area contributed by atoms with Gasteiger partial charge in [0, 0.05) is 11.1 Å². The molecule has 0 aromatic heterocycles. The van der Waals surface area contributed by atoms with Gasteiger partial charge < -0.3 is 4.74 Å². The van der Waals surface area contributed by atoms with Crippen LogP contribution in [0.5, 0.6) is 0 Å². The Morgan fingerprint density at radius 2 is 1.36 bits per heavy atom. The van der Waals surface area contributed by atoms with Crippen LogP contribution in [0.1, 0.15) is 63.3 Å². The third-order valence-electron chi connectivity index (χ3n) is 7.74. The monoisotopic (exact) mass is 479 g/mol. The summed E-state index contributed by atoms with van der Waals surface area (Å²) >= 11 is 0. The van der Waals surface area contributed by atoms with Gasteiger partial charge in [-0.15, -0.1) is 0 Å². The maximum Gasteiger partial charge on any atom is 0.241 e. The quantitative estimate of drug-likeness (QED) is 0.398. The Morgan fingerprint density at radius 1 is 0.778 bits per heavy atom. The van der Waals surface area contributed by atoms with Crippen molar-refractivity contribution in [1.82, 2.24) is 0 Å². The summed E-state index contributed by atoms with van der Waals surface area (Å²) in [6.07, 6.45) is -0.908. The first-order valence-electron chi connectivity index (χ1n) is 12.2. The highest BCUT2D eigenvalue weighted by atomic mass is 16.5. The summed E-state index contributed by atoms with van der Waals surface area (Å²) in [6.45, 7) is 6.07. The topological polar surface area (TPSA) is 80.8 Å². The summed E-state index contributed by atoms with van der Waals surface area (Å²) in [5, 5.41) is 0. The number of benzene rings is 3. The minimum absolute atomic E-state index is 0.228. The van der Waals surface area contributed by atoms with Gasteiger partial charge in [-0.2, -0.15) is 0 Å². The van der Waals surface area contributed by atoms with Crippen molar-refractivity contribution in [2.75, 3.05) is 4.90 Å². The molecule has 1 aliphatic carbocycles. The lowest BCUT2D eigenvalue weighted by atomic mass is 9.77. The zero-order valence-corrected chi connectivity index (χ0v) is 20.2. The van der Waals surface area contributed by atoms with Gasteiger partial charge in [0.25, 0.3) is 0 Å². The fraction of sp³-hybridized carbons (Fsp3) is 0.267. The number of hydrogen-bond donors (Lipinski definition) is 0. The molecule has 0 radical (unpaired) electrons. The van der Waals surface area contributed by atoms with E-state index in [9.17, 15) is 19.2 Å². The highest BCUT2D eigenvalue weighted by Gasteiger charge is 2.74. The molecule has 2 fully saturated rings. The minimum Gasteiger partial charge on any atom is -0.349 e. The van der Waals surface area contributed by atoms with E-state index < -0.39 is 46.9 Å². The number of imide groups is 1. The van der Waals surface area contributed by atoms with Gasteiger partial charge in [0.1, 0.15) is 0 Å². The number of carbonyl (C=O) groups is 4. The van der Waals surface area contributed by atoms with E-state index in [0.717, 1.165) is 16.0 Å². The zero-order valence-electron chi connectivity index (χ0n) is 20.2. The van der Waals surface area contributed by atoms with E-state index in [0.29, 0.717) is 17.2 Å². The minimum atomic E-state index is -2.05. The molecule has 180 valence electrons. The van der Waals surface area contributed by atoms with Crippen LogP contribution in [0.3, 0.4) is 0 Å². The molecule has 3 aliphatic rings. The first kappa shape index (κ1) is 22.6. The van der Waals surface area contributed by atoms with Gasteiger partial charge in [0.05, 0.1) is 23.6 Å². The summed E-state index contributed by atoms with van der Waals surface area (Å²) in [4.78, 5) is 56.6. The molecule has 6 heteroatoms. The molecule has 0 unspecified atom stereocenters. The number of fused-ring (bicyclic) bond motifs is 3. The lowest BCUT2D eigenvalue weighted by Crippen LogP contribution is -2.51. The van der Waals surface area contributed by atoms with Gasteiger partial charge in [0.15, 0.2) is 0 Å². The number of nitrogens with zero attached hydrogens (tertiary/aromatic N) is 1. The average Bonchev–Trinajstić information content (AvgIpc) is 3.44. The van der Waals surface area contributed by atoms with Crippen molar-refractivity contribution >= 4 is 29.1 Å². The molecule has 36 heavy (non-hydrogen) atoms. The first-order chi connectivity index (χ1) is 17.3. The SMILES string of the molecule is Cc1ccc([C@@H]2OC3(C(=O)c4ccccc4C3=O)[C@@H]3C(=O)N(c4ccc(C(C)C)cc4)C(=O)[C@H]32)cc1. The maximum absolute atomic E-state index is 14.0. The molecule has 6 rings (SSSR count). The molecule has 0 bridgehead atoms. The van der Waals surface area contributed by atoms with Gasteiger partial charge in [-0.25, -0.2) is 4.90 Å². The molecule has 0 N–H and O–H groups in total. The Labute approximate surface area is 208 Å². The molecule has 2 amide bonds. The van der Waals surface area contributed by atoms with Crippen molar-refractivity contribution in [3.05, 3.63) is 101 Å². The molecule has 3 aromatic rings. The van der Waals surface area contributed by atoms with Gasteiger partial charge >= 0.3 is 0 Å². The van der Waals surface area contributed by atoms with Crippen molar-refractivity contribution in [2.45, 2.75) is 38.4 Å². The molecule has 2 aliphatic heterocycles. The van der Waals surface area contributed by atoms with Crippen LogP contribution in [-0.4, -0.2) is 29.0 Å². The number of rotatable bonds is 3. The molecule has 6 nitrogen and oxygen atoms in total. The summed E-state index contributed by atoms with van der Waals surface area (Å²) in [7, 11) is 0. The number of anilines is 1. The van der Waals surface area contributed by atoms with Crippen molar-refractivity contribution in [1.29, 1.82) is 0 Å². The highest BCUT2D eigenvalue weighted by Crippen LogP contribution is 2.57. The van der Waals surface area contributed by atoms with E-state index in [1.807, 2.05) is 43.3 Å². The number of Topliss-reactive ketones (excluding diaryl/α,β-unsaturated/α-hetero) is 2. The number of carbonyl (C=O) groups excluding carboxylic acids is 4. The number of aryl methyl sites for hydroxylation is 1. The molecule has 3 aromatic carbocycles. The molecule has 2 heterocycles. The van der Waals surface area contributed by atoms with E-state index in [2.05, 4.69) is 13.8 Å². The van der Waals surface area contributed by atoms with Crippen molar-refractivity contribution in [2.24, 2.45) is 11.8 Å². The Morgan fingerprint density at radius 3 is 1.92 bits per heavy atom. The van der Waals surface area contributed by atoms with Crippen LogP contribution in [0.25, 0.3) is 0 Å². The summed E-state index contributed by atoms with van der Waals surface area (Å²) in [5.41, 5.74) is 1.58. The van der Waals surface area contributed by atoms with Gasteiger partial charge in [0.2, 0.25) is 29.0 Å². The van der Waals surface area contributed by atoms with E-state index in [4.69, 9.17) is 4.74 Å². The third-order valence-corrected chi connectivity index (χ3v) is 7.74. The second kappa shape index (κ2) is 7.80. The number of amides is 2. The molecule has 1 spiro atoms. The van der Waals surface area contributed by atoms with E-state index >= 15 is 0 Å². The molecular formula is C30H25NO5. The zero-order chi connectivity index (χ0) is 25.4. The largest absolute Gasteiger partial charge is 0.349 e. The second-order valence-electron chi connectivity index (χ2n) is 10.2. The second-order valence-corrected chi connectivity index (χ2v) is 10.2. The molecular weight excluding hydrogens is 454 g/mol. The van der Waals surface area contributed by atoms with Crippen LogP contribution in [-0.2, 0) is 14.3 Å². The third kappa shape index (κ3) is 2.88. The summed E-state index contributed by atoms with van der Waals surface area (Å²) < 4.78 is 6.32. The normalized spacial score (nSPS) is 24.2. The van der Waals surface area contributed by atoms with Gasteiger partial charge in [-0.3, -0.25) is 19.2 Å². The van der Waals surface area contributed by atoms with Crippen molar-refractivity contribution in [3.63, 3.8) is 0 Å². The Balaban J connectivity index is 1.51. The van der Waals surface area contributed by atoms with Crippen molar-refractivity contribution < 1.29 is 23.9 Å². The predicted octanol–water partition coefficient (Wildman–Crippen LogP) is 4.81. The van der Waals surface area contributed by atoms with Crippen molar-refractivity contribution in [3.8, 4) is 0 Å². The van der Waals surface area contributed by atoms with E-state index in [-0.39, 0.29) is 11.1 Å². The standard InChI is InChI=1S/C30H25NO5/c1-16(2)18-12-14-20(15-13-18)31-28(34)23-24(29(31)35)30(36-25(23)19-10-8-17(3)9-11-19)26(32)21-6-4-5-7-22(21)27(30)33/h4-16,23-25H,1-3H3/t23-,24+,25+/m1/s1. The lowest BCUT2D eigenvalue weighted by molar-refractivity contribution is -0.127. The van der Waals surface area contributed by atoms with Crippen LogP contribution < -0.4 is 4.90 Å². The highest BCUT2D eigenvalue weighted by molar-refractivity contribution is 6.37. The summed E-state index contributed by atoms with van der Waals surface area (Å²) in [6, 6.07) is 21.2. The number of ether oxygens (including phenoxy) is 1. The van der Waals surface area contributed by atoms with Crippen LogP contribution >= 0.6 is 0 Å². The summed E-state index contributed by atoms with van der Waals surface area (Å²) in [5.74, 6) is -4.08. The van der Waals surface area contributed by atoms with Crippen LogP contribution in [0.15, 0.2) is 72.8 Å². The maximum atomic E-state index is 14.0. The fourth-order valence-corrected chi connectivity index (χ4v) is 5.84. The smallest absolute Gasteiger partial charge is 0.241 e.